The summed E-state index contributed by atoms with van der Waals surface area (Å²) in [5.74, 6) is 0.375. The molecule has 106 valence electrons. The number of halogens is 1. The number of rotatable bonds is 4. The number of benzene rings is 1. The first-order valence-electron chi connectivity index (χ1n) is 5.99. The maximum absolute atomic E-state index is 12.0. The lowest BCUT2D eigenvalue weighted by molar-refractivity contribution is -0.122. The van der Waals surface area contributed by atoms with Gasteiger partial charge in [-0.1, -0.05) is 17.4 Å². The Morgan fingerprint density at radius 3 is 2.75 bits per heavy atom. The van der Waals surface area contributed by atoms with E-state index in [1.165, 1.54) is 11.3 Å². The van der Waals surface area contributed by atoms with Crippen LogP contribution in [0, 0.1) is 13.8 Å². The number of hydrogen-bond acceptors (Lipinski definition) is 5. The van der Waals surface area contributed by atoms with Crippen molar-refractivity contribution in [2.24, 2.45) is 0 Å². The summed E-state index contributed by atoms with van der Waals surface area (Å²) < 4.78 is 6.46. The van der Waals surface area contributed by atoms with Crippen LogP contribution >= 0.6 is 27.3 Å². The SMILES string of the molecule is Cc1ccc(O[C@@H](C)C(=O)Nc2nnc(C)s2)c(Br)c1. The van der Waals surface area contributed by atoms with Crippen LogP contribution in [-0.2, 0) is 4.79 Å². The van der Waals surface area contributed by atoms with Gasteiger partial charge in [0, 0.05) is 0 Å². The van der Waals surface area contributed by atoms with Crippen molar-refractivity contribution >= 4 is 38.3 Å². The average molecular weight is 356 g/mol. The minimum atomic E-state index is -0.627. The van der Waals surface area contributed by atoms with Gasteiger partial charge >= 0.3 is 0 Å². The molecule has 1 heterocycles. The van der Waals surface area contributed by atoms with Crippen molar-refractivity contribution in [1.82, 2.24) is 10.2 Å². The van der Waals surface area contributed by atoms with E-state index in [2.05, 4.69) is 31.4 Å². The number of anilines is 1. The monoisotopic (exact) mass is 355 g/mol. The first-order valence-corrected chi connectivity index (χ1v) is 7.60. The molecule has 7 heteroatoms. The Morgan fingerprint density at radius 2 is 2.15 bits per heavy atom. The van der Waals surface area contributed by atoms with Gasteiger partial charge in [0.05, 0.1) is 4.47 Å². The second-order valence-electron chi connectivity index (χ2n) is 4.31. The molecule has 0 radical (unpaired) electrons. The second-order valence-corrected chi connectivity index (χ2v) is 6.35. The van der Waals surface area contributed by atoms with E-state index in [4.69, 9.17) is 4.74 Å². The molecular weight excluding hydrogens is 342 g/mol. The maximum atomic E-state index is 12.0. The first kappa shape index (κ1) is 14.9. The molecule has 5 nitrogen and oxygen atoms in total. The molecule has 0 saturated carbocycles. The highest BCUT2D eigenvalue weighted by Gasteiger charge is 2.17. The zero-order valence-corrected chi connectivity index (χ0v) is 13.7. The van der Waals surface area contributed by atoms with E-state index in [0.717, 1.165) is 15.0 Å². The summed E-state index contributed by atoms with van der Waals surface area (Å²) in [7, 11) is 0. The fraction of sp³-hybridized carbons (Fsp3) is 0.308. The molecule has 2 rings (SSSR count). The lowest BCUT2D eigenvalue weighted by atomic mass is 10.2. The Hall–Kier alpha value is -1.47. The van der Waals surface area contributed by atoms with Crippen LogP contribution < -0.4 is 10.1 Å². The van der Waals surface area contributed by atoms with Crippen molar-refractivity contribution in [3.8, 4) is 5.75 Å². The molecule has 0 aliphatic rings. The van der Waals surface area contributed by atoms with Gasteiger partial charge in [0.1, 0.15) is 10.8 Å². The normalized spacial score (nSPS) is 12.0. The van der Waals surface area contributed by atoms with Gasteiger partial charge in [0.15, 0.2) is 6.10 Å². The molecule has 0 saturated heterocycles. The van der Waals surface area contributed by atoms with Crippen molar-refractivity contribution in [3.05, 3.63) is 33.2 Å². The molecule has 0 aliphatic carbocycles. The van der Waals surface area contributed by atoms with Gasteiger partial charge in [0.2, 0.25) is 5.13 Å². The van der Waals surface area contributed by atoms with Crippen LogP contribution in [0.25, 0.3) is 0 Å². The highest BCUT2D eigenvalue weighted by Crippen LogP contribution is 2.27. The third-order valence-electron chi connectivity index (χ3n) is 2.52. The van der Waals surface area contributed by atoms with E-state index in [9.17, 15) is 4.79 Å². The van der Waals surface area contributed by atoms with Crippen LogP contribution in [0.4, 0.5) is 5.13 Å². The summed E-state index contributed by atoms with van der Waals surface area (Å²) >= 11 is 4.74. The molecule has 1 aromatic carbocycles. The van der Waals surface area contributed by atoms with Gasteiger partial charge in [-0.2, -0.15) is 0 Å². The molecule has 0 spiro atoms. The number of carbonyl (C=O) groups excluding carboxylic acids is 1. The molecule has 0 fully saturated rings. The van der Waals surface area contributed by atoms with Gasteiger partial charge in [-0.05, 0) is 54.4 Å². The largest absolute Gasteiger partial charge is 0.480 e. The number of carbonyl (C=O) groups is 1. The second kappa shape index (κ2) is 6.32. The van der Waals surface area contributed by atoms with Crippen molar-refractivity contribution in [2.75, 3.05) is 5.32 Å². The number of aryl methyl sites for hydroxylation is 2. The Kier molecular flexibility index (Phi) is 4.72. The molecule has 1 amide bonds. The zero-order valence-electron chi connectivity index (χ0n) is 11.3. The molecule has 0 unspecified atom stereocenters. The predicted molar refractivity (Wildman–Crippen MR) is 82.2 cm³/mol. The number of hydrogen-bond donors (Lipinski definition) is 1. The number of ether oxygens (including phenoxy) is 1. The fourth-order valence-electron chi connectivity index (χ4n) is 1.50. The standard InChI is InChI=1S/C13H14BrN3O2S/c1-7-4-5-11(10(14)6-7)19-8(2)12(18)15-13-17-16-9(3)20-13/h4-6,8H,1-3H3,(H,15,17,18)/t8-/m0/s1. The molecule has 1 N–H and O–H groups in total. The number of amides is 1. The Labute approximate surface area is 129 Å². The third kappa shape index (κ3) is 3.77. The van der Waals surface area contributed by atoms with E-state index in [0.29, 0.717) is 10.9 Å². The van der Waals surface area contributed by atoms with Crippen molar-refractivity contribution in [2.45, 2.75) is 26.9 Å². The van der Waals surface area contributed by atoms with E-state index in [-0.39, 0.29) is 5.91 Å². The van der Waals surface area contributed by atoms with Gasteiger partial charge < -0.3 is 4.74 Å². The Balaban J connectivity index is 2.00. The van der Waals surface area contributed by atoms with Gasteiger partial charge in [-0.25, -0.2) is 0 Å². The number of aromatic nitrogens is 2. The minimum absolute atomic E-state index is 0.256. The summed E-state index contributed by atoms with van der Waals surface area (Å²) in [4.78, 5) is 12.0. The smallest absolute Gasteiger partial charge is 0.266 e. The van der Waals surface area contributed by atoms with Crippen LogP contribution in [0.15, 0.2) is 22.7 Å². The van der Waals surface area contributed by atoms with E-state index >= 15 is 0 Å². The van der Waals surface area contributed by atoms with E-state index < -0.39 is 6.10 Å². The zero-order chi connectivity index (χ0) is 14.7. The molecule has 20 heavy (non-hydrogen) atoms. The molecule has 2 aromatic rings. The average Bonchev–Trinajstić information content (AvgIpc) is 2.78. The van der Waals surface area contributed by atoms with E-state index in [1.54, 1.807) is 6.92 Å². The lowest BCUT2D eigenvalue weighted by Crippen LogP contribution is -2.30. The van der Waals surface area contributed by atoms with Crippen LogP contribution in [0.1, 0.15) is 17.5 Å². The third-order valence-corrected chi connectivity index (χ3v) is 3.89. The molecule has 0 aliphatic heterocycles. The maximum Gasteiger partial charge on any atom is 0.266 e. The molecule has 1 aromatic heterocycles. The number of nitrogens with one attached hydrogen (secondary N) is 1. The van der Waals surface area contributed by atoms with Crippen LogP contribution in [-0.4, -0.2) is 22.2 Å². The quantitative estimate of drug-likeness (QED) is 0.913. The van der Waals surface area contributed by atoms with Crippen molar-refractivity contribution < 1.29 is 9.53 Å². The first-order chi connectivity index (χ1) is 9.45. The highest BCUT2D eigenvalue weighted by atomic mass is 79.9. The summed E-state index contributed by atoms with van der Waals surface area (Å²) in [6.07, 6.45) is -0.627. The fourth-order valence-corrected chi connectivity index (χ4v) is 2.68. The number of nitrogens with zero attached hydrogens (tertiary/aromatic N) is 2. The Morgan fingerprint density at radius 1 is 1.40 bits per heavy atom. The predicted octanol–water partition coefficient (Wildman–Crippen LogP) is 3.32. The van der Waals surface area contributed by atoms with Crippen LogP contribution in [0.5, 0.6) is 5.75 Å². The van der Waals surface area contributed by atoms with Crippen molar-refractivity contribution in [3.63, 3.8) is 0 Å². The van der Waals surface area contributed by atoms with Crippen LogP contribution in [0.2, 0.25) is 0 Å². The summed E-state index contributed by atoms with van der Waals surface area (Å²) in [5, 5.41) is 11.6. The van der Waals surface area contributed by atoms with Crippen LogP contribution in [0.3, 0.4) is 0 Å². The molecular formula is C13H14BrN3O2S. The lowest BCUT2D eigenvalue weighted by Gasteiger charge is -2.15. The Bertz CT molecular complexity index is 630. The van der Waals surface area contributed by atoms with Gasteiger partial charge in [0.25, 0.3) is 5.91 Å². The van der Waals surface area contributed by atoms with Gasteiger partial charge in [-0.15, -0.1) is 10.2 Å². The highest BCUT2D eigenvalue weighted by molar-refractivity contribution is 9.10. The molecule has 0 bridgehead atoms. The van der Waals surface area contributed by atoms with Gasteiger partial charge in [-0.3, -0.25) is 10.1 Å². The summed E-state index contributed by atoms with van der Waals surface area (Å²) in [6.45, 7) is 5.51. The summed E-state index contributed by atoms with van der Waals surface area (Å²) in [5.41, 5.74) is 1.12. The topological polar surface area (TPSA) is 64.1 Å². The van der Waals surface area contributed by atoms with E-state index in [1.807, 2.05) is 32.0 Å². The minimum Gasteiger partial charge on any atom is -0.480 e. The summed E-state index contributed by atoms with van der Waals surface area (Å²) in [6, 6.07) is 5.70. The van der Waals surface area contributed by atoms with Crippen molar-refractivity contribution in [1.29, 1.82) is 0 Å². The molecule has 1 atom stereocenters.